The van der Waals surface area contributed by atoms with Crippen LogP contribution in [0.15, 0.2) is 41.4 Å². The largest absolute Gasteiger partial charge is 0.193 e. The Labute approximate surface area is 147 Å². The van der Waals surface area contributed by atoms with Gasteiger partial charge in [-0.25, -0.2) is 0 Å². The lowest BCUT2D eigenvalue weighted by atomic mass is 10.1. The van der Waals surface area contributed by atoms with Gasteiger partial charge in [-0.1, -0.05) is 35.6 Å². The van der Waals surface area contributed by atoms with Crippen LogP contribution in [0.2, 0.25) is 5.02 Å². The number of halogens is 1. The molecule has 0 radical (unpaired) electrons. The molecule has 0 spiro atoms. The number of nitrogens with zero attached hydrogens (tertiary/aromatic N) is 1. The standard InChI is InChI=1S/C20H16ClNS/c1-14-10-18(12-19(21)20(14)22-13-23)9-4-15-2-5-16(6-3-15)11-17-7-8-17/h2-3,5-6,10,12,17H,7-8,11H2,1H3. The van der Waals surface area contributed by atoms with Crippen molar-refractivity contribution in [3.05, 3.63) is 63.7 Å². The molecule has 1 fully saturated rings. The molecule has 3 rings (SSSR count). The molecule has 0 amide bonds. The summed E-state index contributed by atoms with van der Waals surface area (Å²) in [6.45, 7) is 1.94. The lowest BCUT2D eigenvalue weighted by Crippen LogP contribution is -1.86. The monoisotopic (exact) mass is 337 g/mol. The van der Waals surface area contributed by atoms with Crippen molar-refractivity contribution >= 4 is 34.7 Å². The summed E-state index contributed by atoms with van der Waals surface area (Å²) in [5.41, 5.74) is 4.90. The molecule has 1 aliphatic carbocycles. The van der Waals surface area contributed by atoms with Crippen LogP contribution in [0.3, 0.4) is 0 Å². The lowest BCUT2D eigenvalue weighted by Gasteiger charge is -2.02. The molecule has 2 aromatic rings. The van der Waals surface area contributed by atoms with Gasteiger partial charge in [-0.05, 0) is 79.7 Å². The van der Waals surface area contributed by atoms with E-state index in [4.69, 9.17) is 11.6 Å². The number of hydrogen-bond acceptors (Lipinski definition) is 2. The van der Waals surface area contributed by atoms with Crippen LogP contribution in [0.1, 0.15) is 35.1 Å². The first kappa shape index (κ1) is 16.0. The molecule has 0 aromatic heterocycles. The summed E-state index contributed by atoms with van der Waals surface area (Å²) in [6, 6.07) is 12.3. The van der Waals surface area contributed by atoms with Crippen molar-refractivity contribution < 1.29 is 0 Å². The second-order valence-electron chi connectivity index (χ2n) is 5.92. The average Bonchev–Trinajstić information content (AvgIpc) is 3.34. The summed E-state index contributed by atoms with van der Waals surface area (Å²) in [7, 11) is 0. The number of thiocarbonyl (C=S) groups is 1. The van der Waals surface area contributed by atoms with E-state index in [2.05, 4.69) is 58.5 Å². The van der Waals surface area contributed by atoms with Crippen LogP contribution in [0.5, 0.6) is 0 Å². The third-order valence-corrected chi connectivity index (χ3v) is 4.32. The highest BCUT2D eigenvalue weighted by Gasteiger charge is 2.21. The van der Waals surface area contributed by atoms with Gasteiger partial charge in [-0.3, -0.25) is 0 Å². The first-order chi connectivity index (χ1) is 11.2. The summed E-state index contributed by atoms with van der Waals surface area (Å²) in [6.07, 6.45) is 3.96. The van der Waals surface area contributed by atoms with Crippen molar-refractivity contribution in [3.63, 3.8) is 0 Å². The second kappa shape index (κ2) is 7.11. The van der Waals surface area contributed by atoms with Gasteiger partial charge in [-0.2, -0.15) is 4.99 Å². The molecular weight excluding hydrogens is 322 g/mol. The maximum atomic E-state index is 6.22. The van der Waals surface area contributed by atoms with Crippen LogP contribution >= 0.6 is 23.8 Å². The number of benzene rings is 2. The third-order valence-electron chi connectivity index (χ3n) is 3.94. The first-order valence-electron chi connectivity index (χ1n) is 7.64. The van der Waals surface area contributed by atoms with Gasteiger partial charge in [-0.15, -0.1) is 0 Å². The molecule has 0 atom stereocenters. The van der Waals surface area contributed by atoms with Gasteiger partial charge in [0, 0.05) is 11.1 Å². The van der Waals surface area contributed by atoms with Crippen molar-refractivity contribution in [1.82, 2.24) is 0 Å². The minimum absolute atomic E-state index is 0.548. The van der Waals surface area contributed by atoms with Crippen molar-refractivity contribution in [3.8, 4) is 11.8 Å². The van der Waals surface area contributed by atoms with E-state index in [0.29, 0.717) is 10.7 Å². The van der Waals surface area contributed by atoms with Crippen molar-refractivity contribution in [2.75, 3.05) is 0 Å². The zero-order valence-corrected chi connectivity index (χ0v) is 14.5. The van der Waals surface area contributed by atoms with E-state index < -0.39 is 0 Å². The molecule has 1 saturated carbocycles. The van der Waals surface area contributed by atoms with Crippen LogP contribution in [-0.2, 0) is 6.42 Å². The maximum absolute atomic E-state index is 6.22. The summed E-state index contributed by atoms with van der Waals surface area (Å²) in [4.78, 5) is 3.99. The topological polar surface area (TPSA) is 12.4 Å². The maximum Gasteiger partial charge on any atom is 0.0955 e. The van der Waals surface area contributed by atoms with Crippen LogP contribution in [0.4, 0.5) is 5.69 Å². The Morgan fingerprint density at radius 3 is 2.43 bits per heavy atom. The van der Waals surface area contributed by atoms with Gasteiger partial charge >= 0.3 is 0 Å². The average molecular weight is 338 g/mol. The SMILES string of the molecule is Cc1cc(C#Cc2ccc(CC3CC3)cc2)cc(Cl)c1N=C=S. The Kier molecular flexibility index (Phi) is 4.94. The zero-order valence-electron chi connectivity index (χ0n) is 12.9. The molecule has 1 aliphatic rings. The van der Waals surface area contributed by atoms with Crippen molar-refractivity contribution in [2.45, 2.75) is 26.2 Å². The Morgan fingerprint density at radius 1 is 1.13 bits per heavy atom. The predicted octanol–water partition coefficient (Wildman–Crippen LogP) is 5.74. The molecule has 23 heavy (non-hydrogen) atoms. The fraction of sp³-hybridized carbons (Fsp3) is 0.250. The second-order valence-corrected chi connectivity index (χ2v) is 6.51. The summed E-state index contributed by atoms with van der Waals surface area (Å²) in [5, 5.41) is 2.90. The first-order valence-corrected chi connectivity index (χ1v) is 8.43. The molecular formula is C20H16ClNS. The van der Waals surface area contributed by atoms with E-state index in [9.17, 15) is 0 Å². The highest BCUT2D eigenvalue weighted by atomic mass is 35.5. The Morgan fingerprint density at radius 2 is 1.83 bits per heavy atom. The fourth-order valence-corrected chi connectivity index (χ4v) is 2.92. The summed E-state index contributed by atoms with van der Waals surface area (Å²) >= 11 is 10.9. The Balaban J connectivity index is 1.79. The van der Waals surface area contributed by atoms with E-state index in [0.717, 1.165) is 22.6 Å². The van der Waals surface area contributed by atoms with Crippen molar-refractivity contribution in [2.24, 2.45) is 10.9 Å². The Bertz CT molecular complexity index is 809. The number of rotatable bonds is 3. The molecule has 0 unspecified atom stereocenters. The molecule has 1 nitrogen and oxygen atoms in total. The smallest absolute Gasteiger partial charge is 0.0955 e. The molecule has 0 bridgehead atoms. The molecule has 0 heterocycles. The Hall–Kier alpha value is -1.91. The molecule has 3 heteroatoms. The molecule has 114 valence electrons. The molecule has 0 aliphatic heterocycles. The van der Waals surface area contributed by atoms with Crippen LogP contribution < -0.4 is 0 Å². The van der Waals surface area contributed by atoms with E-state index in [1.807, 2.05) is 19.1 Å². The minimum atomic E-state index is 0.548. The van der Waals surface area contributed by atoms with Gasteiger partial charge < -0.3 is 0 Å². The van der Waals surface area contributed by atoms with Crippen LogP contribution in [-0.4, -0.2) is 5.16 Å². The van der Waals surface area contributed by atoms with Gasteiger partial charge in [0.05, 0.1) is 15.9 Å². The molecule has 2 aromatic carbocycles. The third kappa shape index (κ3) is 4.30. The number of isothiocyanates is 1. The minimum Gasteiger partial charge on any atom is -0.193 e. The number of hydrogen-bond donors (Lipinski definition) is 0. The van der Waals surface area contributed by atoms with Gasteiger partial charge in [0.2, 0.25) is 0 Å². The van der Waals surface area contributed by atoms with E-state index >= 15 is 0 Å². The lowest BCUT2D eigenvalue weighted by molar-refractivity contribution is 0.832. The quantitative estimate of drug-likeness (QED) is 0.395. The molecule has 0 N–H and O–H groups in total. The normalized spacial score (nSPS) is 13.0. The van der Waals surface area contributed by atoms with Crippen LogP contribution in [0, 0.1) is 24.7 Å². The van der Waals surface area contributed by atoms with E-state index in [1.165, 1.54) is 24.8 Å². The molecule has 0 saturated heterocycles. The van der Waals surface area contributed by atoms with Gasteiger partial charge in [0.15, 0.2) is 0 Å². The van der Waals surface area contributed by atoms with Gasteiger partial charge in [0.25, 0.3) is 0 Å². The highest BCUT2D eigenvalue weighted by Crippen LogP contribution is 2.32. The summed E-state index contributed by atoms with van der Waals surface area (Å²) in [5.74, 6) is 7.26. The number of aliphatic imine (C=N–C) groups is 1. The van der Waals surface area contributed by atoms with Crippen molar-refractivity contribution in [1.29, 1.82) is 0 Å². The van der Waals surface area contributed by atoms with E-state index in [-0.39, 0.29) is 0 Å². The zero-order chi connectivity index (χ0) is 16.2. The number of aryl methyl sites for hydroxylation is 1. The fourth-order valence-electron chi connectivity index (χ4n) is 2.52. The van der Waals surface area contributed by atoms with E-state index in [1.54, 1.807) is 0 Å². The predicted molar refractivity (Wildman–Crippen MR) is 99.7 cm³/mol. The van der Waals surface area contributed by atoms with Crippen LogP contribution in [0.25, 0.3) is 0 Å². The highest BCUT2D eigenvalue weighted by molar-refractivity contribution is 7.78. The summed E-state index contributed by atoms with van der Waals surface area (Å²) < 4.78 is 0. The van der Waals surface area contributed by atoms with Gasteiger partial charge in [0.1, 0.15) is 0 Å².